The number of piperidine rings is 1. The van der Waals surface area contributed by atoms with Crippen molar-refractivity contribution in [2.24, 2.45) is 5.92 Å². The number of hydrogen-bond acceptors (Lipinski definition) is 8. The summed E-state index contributed by atoms with van der Waals surface area (Å²) in [6.45, 7) is -0.942. The number of nitrogens with zero attached hydrogens (tertiary/aromatic N) is 1. The van der Waals surface area contributed by atoms with Crippen molar-refractivity contribution < 1.29 is 44.2 Å². The zero-order chi connectivity index (χ0) is 29.1. The quantitative estimate of drug-likeness (QED) is 0.210. The Morgan fingerprint density at radius 2 is 1.45 bits per heavy atom. The van der Waals surface area contributed by atoms with Crippen molar-refractivity contribution in [3.8, 4) is 0 Å². The molecule has 4 fully saturated rings. The molecule has 2 saturated carbocycles. The van der Waals surface area contributed by atoms with Crippen LogP contribution >= 0.6 is 0 Å². The molecule has 0 aromatic carbocycles. The van der Waals surface area contributed by atoms with Crippen molar-refractivity contribution in [1.82, 2.24) is 30.9 Å². The molecule has 7 atom stereocenters. The smallest absolute Gasteiger partial charge is 0.411 e. The van der Waals surface area contributed by atoms with Crippen LogP contribution in [-0.4, -0.2) is 83.3 Å². The maximum Gasteiger partial charge on any atom is 0.411 e. The Bertz CT molecular complexity index is 858. The third kappa shape index (κ3) is 8.92. The first-order valence-corrected chi connectivity index (χ1v) is 15.4. The molecule has 9 nitrogen and oxygen atoms in total. The van der Waals surface area contributed by atoms with Gasteiger partial charge in [-0.3, -0.25) is 26.6 Å². The second-order valence-corrected chi connectivity index (χ2v) is 13.4. The lowest BCUT2D eigenvalue weighted by Gasteiger charge is -2.44. The summed E-state index contributed by atoms with van der Waals surface area (Å²) >= 11 is 0. The third-order valence-electron chi connectivity index (χ3n) is 8.16. The molecule has 2 heterocycles. The second kappa shape index (κ2) is 13.3. The normalized spacial score (nSPS) is 35.9. The largest absolute Gasteiger partial charge is 0.597 e. The van der Waals surface area contributed by atoms with Gasteiger partial charge in [0.25, 0.3) is 0 Å². The monoisotopic (exact) mass is 612 g/mol. The molecule has 2 aliphatic carbocycles. The maximum atomic E-state index is 13.9. The van der Waals surface area contributed by atoms with Gasteiger partial charge in [-0.05, 0) is 57.8 Å². The fourth-order valence-electron chi connectivity index (χ4n) is 6.03. The van der Waals surface area contributed by atoms with Gasteiger partial charge < -0.3 is 9.29 Å². The number of sulfonamides is 1. The van der Waals surface area contributed by atoms with Crippen LogP contribution in [0.15, 0.2) is 0 Å². The molecule has 0 bridgehead atoms. The van der Waals surface area contributed by atoms with Gasteiger partial charge in [0.15, 0.2) is 6.35 Å². The molecule has 4 rings (SSSR count). The van der Waals surface area contributed by atoms with Crippen LogP contribution in [-0.2, 0) is 19.3 Å². The molecule has 0 spiro atoms. The average molecular weight is 613 g/mol. The Morgan fingerprint density at radius 3 is 2.02 bits per heavy atom. The minimum atomic E-state index is -4.70. The van der Waals surface area contributed by atoms with Gasteiger partial charge in [0.05, 0.1) is 5.92 Å². The third-order valence-corrected chi connectivity index (χ3v) is 10.6. The van der Waals surface area contributed by atoms with Crippen LogP contribution in [0.2, 0.25) is 0 Å². The number of alkyl halides is 7. The first-order valence-electron chi connectivity index (χ1n) is 13.9. The Balaban J connectivity index is 1.33. The number of hydrogen-bond donors (Lipinski definition) is 5. The van der Waals surface area contributed by atoms with E-state index in [9.17, 15) is 39.5 Å². The van der Waals surface area contributed by atoms with E-state index in [0.29, 0.717) is 38.8 Å². The number of halogens is 7. The first-order chi connectivity index (χ1) is 18.7. The summed E-state index contributed by atoms with van der Waals surface area (Å²) < 4.78 is 125. The predicted molar refractivity (Wildman–Crippen MR) is 131 cm³/mol. The Kier molecular flexibility index (Phi) is 10.7. The summed E-state index contributed by atoms with van der Waals surface area (Å²) in [5, 5.41) is 14.3. The van der Waals surface area contributed by atoms with Gasteiger partial charge in [-0.25, -0.2) is 4.39 Å². The van der Waals surface area contributed by atoms with Gasteiger partial charge in [-0.1, -0.05) is 10.6 Å². The van der Waals surface area contributed by atoms with Gasteiger partial charge in [0, 0.05) is 25.2 Å². The predicted octanol–water partition coefficient (Wildman–Crippen LogP) is 2.79. The molecule has 7 unspecified atom stereocenters. The van der Waals surface area contributed by atoms with Gasteiger partial charge in [0.1, 0.15) is 41.0 Å². The molecule has 0 aromatic heterocycles. The molecule has 40 heavy (non-hydrogen) atoms. The van der Waals surface area contributed by atoms with Crippen molar-refractivity contribution in [1.29, 1.82) is 0 Å². The second-order valence-electron chi connectivity index (χ2n) is 11.2. The summed E-state index contributed by atoms with van der Waals surface area (Å²) in [5.41, 5.74) is 0. The van der Waals surface area contributed by atoms with Crippen LogP contribution < -0.4 is 26.6 Å². The lowest BCUT2D eigenvalue weighted by molar-refractivity contribution is -0.203. The summed E-state index contributed by atoms with van der Waals surface area (Å²) in [6.07, 6.45) is -9.92. The molecule has 0 aromatic rings. The van der Waals surface area contributed by atoms with Crippen LogP contribution in [0.3, 0.4) is 0 Å². The van der Waals surface area contributed by atoms with Crippen molar-refractivity contribution in [2.75, 3.05) is 19.7 Å². The highest BCUT2D eigenvalue weighted by Gasteiger charge is 2.49. The van der Waals surface area contributed by atoms with Crippen LogP contribution in [0.4, 0.5) is 30.7 Å². The number of ether oxygens (including phenoxy) is 1. The lowest BCUT2D eigenvalue weighted by atomic mass is 9.83. The molecule has 234 valence electrons. The van der Waals surface area contributed by atoms with Gasteiger partial charge in [-0.15, -0.1) is 4.31 Å². The van der Waals surface area contributed by atoms with E-state index in [0.717, 1.165) is 19.3 Å². The number of rotatable bonds is 8. The van der Waals surface area contributed by atoms with Crippen LogP contribution in [0, 0.1) is 5.92 Å². The minimum absolute atomic E-state index is 0.126. The highest BCUT2D eigenvalue weighted by molar-refractivity contribution is 7.96. The summed E-state index contributed by atoms with van der Waals surface area (Å²) in [5.74, 6) is -2.12. The van der Waals surface area contributed by atoms with Crippen LogP contribution in [0.25, 0.3) is 0 Å². The average Bonchev–Trinajstić information content (AvgIpc) is 2.88. The number of nitrogens with one attached hydrogen (secondary N) is 5. The summed E-state index contributed by atoms with van der Waals surface area (Å²) in [6, 6.07) is -0.916. The van der Waals surface area contributed by atoms with E-state index in [1.165, 1.54) is 4.31 Å². The molecule has 2 aliphatic heterocycles. The van der Waals surface area contributed by atoms with Gasteiger partial charge in [-0.2, -0.15) is 26.3 Å². The Hall–Kier alpha value is -0.660. The van der Waals surface area contributed by atoms with E-state index in [-0.39, 0.29) is 24.1 Å². The van der Waals surface area contributed by atoms with Crippen LogP contribution in [0.5, 0.6) is 0 Å². The molecule has 4 aliphatic rings. The molecule has 0 radical (unpaired) electrons. The molecule has 0 amide bonds. The zero-order valence-electron chi connectivity index (χ0n) is 22.0. The van der Waals surface area contributed by atoms with E-state index in [1.54, 1.807) is 0 Å². The van der Waals surface area contributed by atoms with Crippen molar-refractivity contribution >= 4 is 10.4 Å². The van der Waals surface area contributed by atoms with Gasteiger partial charge in [0.2, 0.25) is 0 Å². The molecular formula is C23H39F7N6O3S. The Labute approximate surface area is 230 Å². The van der Waals surface area contributed by atoms with Gasteiger partial charge >= 0.3 is 12.4 Å². The fourth-order valence-corrected chi connectivity index (χ4v) is 8.10. The maximum absolute atomic E-state index is 13.9. The van der Waals surface area contributed by atoms with E-state index >= 15 is 0 Å². The Morgan fingerprint density at radius 1 is 0.850 bits per heavy atom. The first kappa shape index (κ1) is 32.3. The fraction of sp³-hybridized carbons (Fsp3) is 1.00. The lowest BCUT2D eigenvalue weighted by Crippen LogP contribution is -2.77. The van der Waals surface area contributed by atoms with Crippen LogP contribution in [0.1, 0.15) is 64.2 Å². The standard InChI is InChI=1S/C23H39F7N6O3S/c24-18-7-6-15(12-17(18)23(28,29)30)32-20-33-19(34-21(35-20)39-13-22(25,26)27)31-14-8-10-36(11-9-14)40(37,38)16-4-2-1-3-5-16/h14-21,31-35H,1-13H2. The van der Waals surface area contributed by atoms with Crippen molar-refractivity contribution in [3.05, 3.63) is 0 Å². The van der Waals surface area contributed by atoms with Crippen molar-refractivity contribution in [3.63, 3.8) is 0 Å². The topological polar surface area (TPSA) is 113 Å². The minimum Gasteiger partial charge on any atom is -0.597 e. The van der Waals surface area contributed by atoms with Crippen molar-refractivity contribution in [2.45, 2.75) is 119 Å². The summed E-state index contributed by atoms with van der Waals surface area (Å²) in [4.78, 5) is 0. The summed E-state index contributed by atoms with van der Waals surface area (Å²) in [7, 11) is -3.39. The van der Waals surface area contributed by atoms with E-state index in [1.807, 2.05) is 0 Å². The SMILES string of the molecule is O=[S+]([O-])(C1CCCCC1)N1CCC(NC2NC(NC3CCC(F)C(C(F)(F)F)C3)NC(OCC(F)(F)F)N2)CC1. The zero-order valence-corrected chi connectivity index (χ0v) is 22.9. The molecule has 17 heteroatoms. The molecule has 2 saturated heterocycles. The van der Waals surface area contributed by atoms with E-state index in [2.05, 4.69) is 26.6 Å². The highest BCUT2D eigenvalue weighted by atomic mass is 32.3. The van der Waals surface area contributed by atoms with E-state index < -0.39 is 72.8 Å². The van der Waals surface area contributed by atoms with E-state index in [4.69, 9.17) is 4.74 Å². The highest BCUT2D eigenvalue weighted by Crippen LogP contribution is 2.39. The molecular weight excluding hydrogens is 573 g/mol. The molecule has 5 N–H and O–H groups in total.